The summed E-state index contributed by atoms with van der Waals surface area (Å²) in [5.74, 6) is 1.91. The Morgan fingerprint density at radius 1 is 1.03 bits per heavy atom. The van der Waals surface area contributed by atoms with E-state index >= 15 is 0 Å². The Morgan fingerprint density at radius 2 is 1.75 bits per heavy atom. The fraction of sp³-hybridized carbons (Fsp3) is 0.593. The molecular weight excluding hydrogens is 469 g/mol. The smallest absolute Gasteiger partial charge is 0.381 e. The molecule has 0 unspecified atom stereocenters. The van der Waals surface area contributed by atoms with Crippen LogP contribution in [-0.4, -0.2) is 53.6 Å². The molecule has 2 saturated heterocycles. The van der Waals surface area contributed by atoms with Crippen molar-refractivity contribution in [3.05, 3.63) is 52.5 Å². The molecule has 0 bridgehead atoms. The van der Waals surface area contributed by atoms with E-state index in [9.17, 15) is 18.0 Å². The minimum atomic E-state index is -4.38. The highest BCUT2D eigenvalue weighted by atomic mass is 19.4. The maximum absolute atomic E-state index is 13.4. The molecule has 9 heteroatoms. The van der Waals surface area contributed by atoms with Gasteiger partial charge in [-0.05, 0) is 80.5 Å². The summed E-state index contributed by atoms with van der Waals surface area (Å²) in [4.78, 5) is 26.0. The summed E-state index contributed by atoms with van der Waals surface area (Å²) < 4.78 is 45.1. The van der Waals surface area contributed by atoms with Gasteiger partial charge in [-0.2, -0.15) is 13.2 Å². The topological polar surface area (TPSA) is 58.6 Å². The van der Waals surface area contributed by atoms with Crippen LogP contribution in [0.5, 0.6) is 0 Å². The van der Waals surface area contributed by atoms with E-state index in [1.165, 1.54) is 18.8 Å². The molecule has 0 spiro atoms. The van der Waals surface area contributed by atoms with E-state index in [2.05, 4.69) is 9.97 Å². The number of nitrogens with zero attached hydrogens (tertiary/aromatic N) is 4. The number of piperidine rings is 1. The number of ether oxygens (including phenoxy) is 1. The van der Waals surface area contributed by atoms with E-state index in [0.29, 0.717) is 48.1 Å². The third-order valence-corrected chi connectivity index (χ3v) is 8.01. The lowest BCUT2D eigenvalue weighted by molar-refractivity contribution is -0.137. The van der Waals surface area contributed by atoms with Crippen molar-refractivity contribution in [1.29, 1.82) is 0 Å². The molecule has 194 valence electrons. The van der Waals surface area contributed by atoms with Gasteiger partial charge in [-0.3, -0.25) is 4.79 Å². The predicted octanol–water partition coefficient (Wildman–Crippen LogP) is 5.04. The average Bonchev–Trinajstić information content (AvgIpc) is 2.88. The van der Waals surface area contributed by atoms with Crippen molar-refractivity contribution < 1.29 is 22.7 Å². The van der Waals surface area contributed by atoms with Gasteiger partial charge in [-0.15, -0.1) is 0 Å². The number of rotatable bonds is 4. The van der Waals surface area contributed by atoms with Crippen molar-refractivity contribution in [2.24, 2.45) is 11.8 Å². The third kappa shape index (κ3) is 5.36. The minimum Gasteiger partial charge on any atom is -0.381 e. The molecular formula is C27H33F3N4O2. The standard InChI is InChI=1S/C27H33F3N4O2/c1-18-24(26(35)33-9-4-19(5-10-33)14-20-7-12-36-13-8-20)31-17-32-25(18)34-11-6-21-2-3-23(27(28,29)30)15-22(21)16-34/h2-3,15,17,19-20H,4-14,16H2,1H3. The van der Waals surface area contributed by atoms with Gasteiger partial charge >= 0.3 is 6.18 Å². The van der Waals surface area contributed by atoms with Gasteiger partial charge in [-0.1, -0.05) is 6.07 Å². The molecule has 4 heterocycles. The highest BCUT2D eigenvalue weighted by Gasteiger charge is 2.33. The minimum absolute atomic E-state index is 0.0857. The van der Waals surface area contributed by atoms with Crippen LogP contribution in [0.25, 0.3) is 0 Å². The lowest BCUT2D eigenvalue weighted by atomic mass is 9.84. The lowest BCUT2D eigenvalue weighted by Crippen LogP contribution is -2.40. The summed E-state index contributed by atoms with van der Waals surface area (Å²) in [6.07, 6.45) is 3.15. The number of hydrogen-bond acceptors (Lipinski definition) is 5. The lowest BCUT2D eigenvalue weighted by Gasteiger charge is -2.35. The number of carbonyl (C=O) groups excluding carboxylic acids is 1. The highest BCUT2D eigenvalue weighted by Crippen LogP contribution is 2.34. The first kappa shape index (κ1) is 25.0. The number of carbonyl (C=O) groups is 1. The molecule has 1 aromatic heterocycles. The van der Waals surface area contributed by atoms with Crippen molar-refractivity contribution in [2.45, 2.75) is 58.2 Å². The van der Waals surface area contributed by atoms with Crippen molar-refractivity contribution >= 4 is 11.7 Å². The molecule has 36 heavy (non-hydrogen) atoms. The molecule has 0 saturated carbocycles. The van der Waals surface area contributed by atoms with Crippen molar-refractivity contribution in [3.63, 3.8) is 0 Å². The zero-order chi connectivity index (χ0) is 25.3. The van der Waals surface area contributed by atoms with Crippen LogP contribution in [0.15, 0.2) is 24.5 Å². The monoisotopic (exact) mass is 502 g/mol. The molecule has 1 aromatic carbocycles. The molecule has 6 nitrogen and oxygen atoms in total. The van der Waals surface area contributed by atoms with Crippen LogP contribution in [-0.2, 0) is 23.9 Å². The van der Waals surface area contributed by atoms with Gasteiger partial charge in [0.25, 0.3) is 5.91 Å². The van der Waals surface area contributed by atoms with Crippen LogP contribution < -0.4 is 4.90 Å². The maximum Gasteiger partial charge on any atom is 0.416 e. The molecule has 0 aliphatic carbocycles. The van der Waals surface area contributed by atoms with E-state index in [1.54, 1.807) is 6.07 Å². The van der Waals surface area contributed by atoms with E-state index in [1.807, 2.05) is 16.7 Å². The van der Waals surface area contributed by atoms with Crippen LogP contribution in [0.3, 0.4) is 0 Å². The molecule has 2 aromatic rings. The Labute approximate surface area is 209 Å². The molecule has 0 radical (unpaired) electrons. The first-order valence-corrected chi connectivity index (χ1v) is 12.9. The van der Waals surface area contributed by atoms with Gasteiger partial charge in [-0.25, -0.2) is 9.97 Å². The summed E-state index contributed by atoms with van der Waals surface area (Å²) in [5, 5.41) is 0. The van der Waals surface area contributed by atoms with E-state index < -0.39 is 11.7 Å². The molecule has 0 N–H and O–H groups in total. The summed E-state index contributed by atoms with van der Waals surface area (Å²) in [6.45, 7) is 5.96. The number of benzene rings is 1. The second-order valence-electron chi connectivity index (χ2n) is 10.4. The van der Waals surface area contributed by atoms with Crippen molar-refractivity contribution in [1.82, 2.24) is 14.9 Å². The zero-order valence-electron chi connectivity index (χ0n) is 20.7. The van der Waals surface area contributed by atoms with E-state index in [4.69, 9.17) is 4.74 Å². The molecule has 1 amide bonds. The van der Waals surface area contributed by atoms with Crippen LogP contribution in [0.2, 0.25) is 0 Å². The van der Waals surface area contributed by atoms with Gasteiger partial charge in [0.15, 0.2) is 0 Å². The number of aromatic nitrogens is 2. The van der Waals surface area contributed by atoms with Crippen LogP contribution in [0, 0.1) is 18.8 Å². The highest BCUT2D eigenvalue weighted by molar-refractivity contribution is 5.94. The van der Waals surface area contributed by atoms with Gasteiger partial charge in [0.1, 0.15) is 17.8 Å². The zero-order valence-corrected chi connectivity index (χ0v) is 20.7. The third-order valence-electron chi connectivity index (χ3n) is 8.01. The summed E-state index contributed by atoms with van der Waals surface area (Å²) in [7, 11) is 0. The second kappa shape index (κ2) is 10.4. The first-order chi connectivity index (χ1) is 17.3. The van der Waals surface area contributed by atoms with Crippen molar-refractivity contribution in [3.8, 4) is 0 Å². The Morgan fingerprint density at radius 3 is 2.47 bits per heavy atom. The summed E-state index contributed by atoms with van der Waals surface area (Å²) in [5.41, 5.74) is 2.00. The fourth-order valence-corrected chi connectivity index (χ4v) is 5.86. The summed E-state index contributed by atoms with van der Waals surface area (Å²) in [6, 6.07) is 3.95. The average molecular weight is 503 g/mol. The van der Waals surface area contributed by atoms with Gasteiger partial charge < -0.3 is 14.5 Å². The number of fused-ring (bicyclic) bond motifs is 1. The SMILES string of the molecule is Cc1c(C(=O)N2CCC(CC3CCOCC3)CC2)ncnc1N1CCc2ccc(C(F)(F)F)cc2C1. The Kier molecular flexibility index (Phi) is 7.19. The molecule has 3 aliphatic rings. The van der Waals surface area contributed by atoms with E-state index in [-0.39, 0.29) is 5.91 Å². The quantitative estimate of drug-likeness (QED) is 0.587. The molecule has 2 fully saturated rings. The molecule has 5 rings (SSSR count). The second-order valence-corrected chi connectivity index (χ2v) is 10.4. The fourth-order valence-electron chi connectivity index (χ4n) is 5.86. The van der Waals surface area contributed by atoms with Crippen LogP contribution in [0.1, 0.15) is 64.8 Å². The number of halogens is 3. The summed E-state index contributed by atoms with van der Waals surface area (Å²) >= 11 is 0. The van der Waals surface area contributed by atoms with Gasteiger partial charge in [0.05, 0.1) is 5.56 Å². The number of amides is 1. The van der Waals surface area contributed by atoms with Crippen LogP contribution in [0.4, 0.5) is 19.0 Å². The van der Waals surface area contributed by atoms with Gasteiger partial charge in [0.2, 0.25) is 0 Å². The van der Waals surface area contributed by atoms with E-state index in [0.717, 1.165) is 69.5 Å². The Hall–Kier alpha value is -2.68. The normalized spacial score (nSPS) is 19.9. The van der Waals surface area contributed by atoms with Gasteiger partial charge in [0, 0.05) is 45.0 Å². The first-order valence-electron chi connectivity index (χ1n) is 12.9. The largest absolute Gasteiger partial charge is 0.416 e. The predicted molar refractivity (Wildman–Crippen MR) is 130 cm³/mol. The maximum atomic E-state index is 13.4. The number of anilines is 1. The number of alkyl halides is 3. The van der Waals surface area contributed by atoms with Crippen LogP contribution >= 0.6 is 0 Å². The number of hydrogen-bond donors (Lipinski definition) is 0. The Bertz CT molecular complexity index is 1090. The Balaban J connectivity index is 1.25. The van der Waals surface area contributed by atoms with Crippen molar-refractivity contribution in [2.75, 3.05) is 37.7 Å². The number of likely N-dealkylation sites (tertiary alicyclic amines) is 1. The molecule has 0 atom stereocenters. The molecule has 3 aliphatic heterocycles.